The number of nitrogens with zero attached hydrogens (tertiary/aromatic N) is 4. The maximum Gasteiger partial charge on any atom is 0.353 e. The van der Waals surface area contributed by atoms with Crippen molar-refractivity contribution in [3.63, 3.8) is 0 Å². The number of nitrogens with two attached hydrogens (primary N) is 2. The molecule has 0 unspecified atom stereocenters. The summed E-state index contributed by atoms with van der Waals surface area (Å²) >= 11 is 1.46. The molecule has 0 aromatic rings. The smallest absolute Gasteiger partial charge is 0.353 e. The zero-order chi connectivity index (χ0) is 27.0. The molecule has 0 saturated carbocycles. The third kappa shape index (κ3) is 5.43. The number of hydrogen-bond acceptors (Lipinski definition) is 9. The number of aliphatic hydroxyl groups is 1. The van der Waals surface area contributed by atoms with E-state index >= 15 is 0 Å². The molecule has 4 aliphatic rings. The monoisotopic (exact) mass is 539 g/mol. The minimum atomic E-state index is -1.13. The average Bonchev–Trinajstić information content (AvgIpc) is 3.49. The van der Waals surface area contributed by atoms with E-state index in [0.29, 0.717) is 31.0 Å². The molecule has 0 aliphatic carbocycles. The number of ether oxygens (including phenoxy) is 1. The number of β-lactam (4-membered cyclic amide) rings is 1. The average molecular weight is 540 g/mol. The number of hydrogen-bond donors (Lipinski definition) is 5. The summed E-state index contributed by atoms with van der Waals surface area (Å²) in [5, 5.41) is 23.2. The molecule has 37 heavy (non-hydrogen) atoms. The van der Waals surface area contributed by atoms with Crippen molar-refractivity contribution in [2.75, 3.05) is 40.1 Å². The second-order valence-corrected chi connectivity index (χ2v) is 11.6. The van der Waals surface area contributed by atoms with E-state index in [9.17, 15) is 24.6 Å². The van der Waals surface area contributed by atoms with Crippen LogP contribution >= 0.6 is 11.8 Å². The van der Waals surface area contributed by atoms with Gasteiger partial charge in [0, 0.05) is 41.7 Å². The lowest BCUT2D eigenvalue weighted by Gasteiger charge is -2.46. The van der Waals surface area contributed by atoms with Crippen LogP contribution in [-0.2, 0) is 19.1 Å². The number of fused-ring (bicyclic) bond motifs is 1. The number of aliphatic imine (C=N–C) groups is 1. The van der Waals surface area contributed by atoms with E-state index in [1.54, 1.807) is 6.92 Å². The van der Waals surface area contributed by atoms with Crippen molar-refractivity contribution in [2.45, 2.75) is 56.2 Å². The van der Waals surface area contributed by atoms with E-state index in [4.69, 9.17) is 16.2 Å². The van der Waals surface area contributed by atoms with E-state index in [-0.39, 0.29) is 66.2 Å². The van der Waals surface area contributed by atoms with Gasteiger partial charge in [-0.2, -0.15) is 0 Å². The van der Waals surface area contributed by atoms with Crippen molar-refractivity contribution in [3.8, 4) is 0 Å². The van der Waals surface area contributed by atoms with E-state index < -0.39 is 18.0 Å². The Labute approximate surface area is 220 Å². The van der Waals surface area contributed by atoms with Crippen molar-refractivity contribution in [3.05, 3.63) is 10.6 Å². The Bertz CT molecular complexity index is 987. The van der Waals surface area contributed by atoms with Crippen molar-refractivity contribution < 1.29 is 29.3 Å². The lowest BCUT2D eigenvalue weighted by atomic mass is 9.79. The number of thioether (sulfide) groups is 1. The fourth-order valence-electron chi connectivity index (χ4n) is 5.87. The molecule has 4 heterocycles. The molecule has 0 spiro atoms. The number of rotatable bonds is 10. The van der Waals surface area contributed by atoms with Crippen LogP contribution in [0.4, 0.5) is 0 Å². The van der Waals surface area contributed by atoms with Crippen LogP contribution in [0.25, 0.3) is 0 Å². The van der Waals surface area contributed by atoms with Gasteiger partial charge in [0.15, 0.2) is 5.96 Å². The van der Waals surface area contributed by atoms with E-state index in [0.717, 1.165) is 6.42 Å². The zero-order valence-electron chi connectivity index (χ0n) is 21.4. The predicted octanol–water partition coefficient (Wildman–Crippen LogP) is -1.66. The van der Waals surface area contributed by atoms with Gasteiger partial charge < -0.3 is 36.2 Å². The van der Waals surface area contributed by atoms with E-state index in [1.807, 2.05) is 23.8 Å². The normalized spacial score (nSPS) is 32.5. The van der Waals surface area contributed by atoms with E-state index in [2.05, 4.69) is 10.3 Å². The Morgan fingerprint density at radius 1 is 1.32 bits per heavy atom. The summed E-state index contributed by atoms with van der Waals surface area (Å²) in [5.74, 6) is -2.21. The maximum absolute atomic E-state index is 13.3. The first kappa shape index (κ1) is 27.6. The lowest BCUT2D eigenvalue weighted by Crippen LogP contribution is -2.63. The molecule has 2 amide bonds. The SMILES string of the molecule is C[C@@H](O)[C@H]1C(=O)N2C(C(=O)O)=C(S[C@H]3C[C@H](C(=O)N4CC[C@H](NCOCN=C(N)N)C4)N(C)C3)[C@H](C)[C@H]12. The molecule has 13 nitrogen and oxygen atoms in total. The number of aliphatic carboxylic acids is 1. The highest BCUT2D eigenvalue weighted by atomic mass is 32.2. The van der Waals surface area contributed by atoms with Gasteiger partial charge in [-0.15, -0.1) is 11.8 Å². The first-order chi connectivity index (χ1) is 17.5. The van der Waals surface area contributed by atoms with Gasteiger partial charge in [-0.05, 0) is 26.8 Å². The summed E-state index contributed by atoms with van der Waals surface area (Å²) in [4.78, 5) is 47.7. The molecule has 0 radical (unpaired) electrons. The second kappa shape index (κ2) is 11.2. The molecule has 4 rings (SSSR count). The van der Waals surface area contributed by atoms with Crippen molar-refractivity contribution in [1.82, 2.24) is 20.0 Å². The number of amides is 2. The number of carbonyl (C=O) groups excluding carboxylic acids is 2. The topological polar surface area (TPSA) is 187 Å². The number of nitrogens with one attached hydrogen (secondary N) is 1. The largest absolute Gasteiger partial charge is 0.477 e. The highest BCUT2D eigenvalue weighted by Gasteiger charge is 2.60. The van der Waals surface area contributed by atoms with Crippen LogP contribution in [0.2, 0.25) is 0 Å². The van der Waals surface area contributed by atoms with Crippen molar-refractivity contribution in [1.29, 1.82) is 0 Å². The van der Waals surface area contributed by atoms with Crippen LogP contribution in [0.15, 0.2) is 15.6 Å². The van der Waals surface area contributed by atoms with Gasteiger partial charge in [0.25, 0.3) is 0 Å². The summed E-state index contributed by atoms with van der Waals surface area (Å²) < 4.78 is 5.32. The predicted molar refractivity (Wildman–Crippen MR) is 137 cm³/mol. The minimum absolute atomic E-state index is 0.0185. The van der Waals surface area contributed by atoms with Gasteiger partial charge in [0.2, 0.25) is 11.8 Å². The Balaban J connectivity index is 1.33. The Hall–Kier alpha value is -2.39. The molecule has 0 bridgehead atoms. The minimum Gasteiger partial charge on any atom is -0.477 e. The van der Waals surface area contributed by atoms with Gasteiger partial charge in [0.1, 0.15) is 12.4 Å². The third-order valence-electron chi connectivity index (χ3n) is 7.71. The fourth-order valence-corrected chi connectivity index (χ4v) is 7.46. The van der Waals surface area contributed by atoms with Crippen LogP contribution in [0.3, 0.4) is 0 Å². The van der Waals surface area contributed by atoms with Crippen LogP contribution in [0.1, 0.15) is 26.7 Å². The number of carboxylic acid groups (broad SMARTS) is 1. The van der Waals surface area contributed by atoms with Crippen LogP contribution in [0, 0.1) is 11.8 Å². The molecule has 206 valence electrons. The molecular weight excluding hydrogens is 502 g/mol. The summed E-state index contributed by atoms with van der Waals surface area (Å²) in [5.41, 5.74) is 10.5. The maximum atomic E-state index is 13.3. The molecule has 7 N–H and O–H groups in total. The van der Waals surface area contributed by atoms with Crippen molar-refractivity contribution in [2.24, 2.45) is 28.3 Å². The third-order valence-corrected chi connectivity index (χ3v) is 9.21. The second-order valence-electron chi connectivity index (χ2n) is 10.2. The zero-order valence-corrected chi connectivity index (χ0v) is 22.2. The first-order valence-electron chi connectivity index (χ1n) is 12.5. The van der Waals surface area contributed by atoms with Crippen LogP contribution in [0.5, 0.6) is 0 Å². The lowest BCUT2D eigenvalue weighted by molar-refractivity contribution is -0.163. The number of aliphatic hydroxyl groups excluding tert-OH is 1. The number of likely N-dealkylation sites (tertiary alicyclic amines) is 2. The number of carbonyl (C=O) groups is 3. The molecule has 14 heteroatoms. The highest BCUT2D eigenvalue weighted by Crippen LogP contribution is 2.52. The number of carboxylic acids is 1. The Kier molecular flexibility index (Phi) is 8.33. The Morgan fingerprint density at radius 3 is 2.70 bits per heavy atom. The molecule has 3 saturated heterocycles. The van der Waals surface area contributed by atoms with Gasteiger partial charge in [-0.25, -0.2) is 9.79 Å². The summed E-state index contributed by atoms with van der Waals surface area (Å²) in [6.07, 6.45) is 0.574. The van der Waals surface area contributed by atoms with Gasteiger partial charge >= 0.3 is 5.97 Å². The molecular formula is C23H37N7O6S. The quantitative estimate of drug-likeness (QED) is 0.0703. The summed E-state index contributed by atoms with van der Waals surface area (Å²) in [6.45, 7) is 5.70. The number of guanidine groups is 1. The van der Waals surface area contributed by atoms with Crippen molar-refractivity contribution >= 4 is 35.5 Å². The molecule has 0 aromatic carbocycles. The van der Waals surface area contributed by atoms with Crippen LogP contribution < -0.4 is 16.8 Å². The molecule has 7 atom stereocenters. The van der Waals surface area contributed by atoms with Gasteiger partial charge in [0.05, 0.1) is 30.8 Å². The highest BCUT2D eigenvalue weighted by molar-refractivity contribution is 8.03. The summed E-state index contributed by atoms with van der Waals surface area (Å²) in [7, 11) is 1.91. The van der Waals surface area contributed by atoms with Gasteiger partial charge in [-0.3, -0.25) is 19.8 Å². The molecule has 0 aromatic heterocycles. The number of likely N-dealkylation sites (N-methyl/N-ethyl adjacent to an activating group) is 1. The molecule has 4 aliphatic heterocycles. The van der Waals surface area contributed by atoms with E-state index in [1.165, 1.54) is 16.7 Å². The van der Waals surface area contributed by atoms with Crippen LogP contribution in [-0.4, -0.2) is 118 Å². The fraction of sp³-hybridized carbons (Fsp3) is 0.739. The summed E-state index contributed by atoms with van der Waals surface area (Å²) in [6, 6.07) is -0.509. The Morgan fingerprint density at radius 2 is 2.05 bits per heavy atom. The van der Waals surface area contributed by atoms with Gasteiger partial charge in [-0.1, -0.05) is 6.92 Å². The first-order valence-corrected chi connectivity index (χ1v) is 13.4. The molecule has 3 fully saturated rings. The standard InChI is InChI=1S/C23H37N7O6S/c1-11-17-16(12(2)31)21(33)30(17)18(22(34)35)19(11)37-14-6-15(28(3)8-14)20(32)29-5-4-13(7-29)26-9-36-10-27-23(24)25/h11-17,26,31H,4-10H2,1-3H3,(H,34,35)(H4,24,25,27)/t11-,12-,13+,14+,15-,16-,17-/m1/s1.